The summed E-state index contributed by atoms with van der Waals surface area (Å²) in [5.41, 5.74) is 1.29. The van der Waals surface area contributed by atoms with Crippen molar-refractivity contribution in [2.24, 2.45) is 7.05 Å². The van der Waals surface area contributed by atoms with Gasteiger partial charge >= 0.3 is 0 Å². The van der Waals surface area contributed by atoms with E-state index in [9.17, 15) is 9.59 Å². The molecule has 3 aromatic rings. The molecule has 0 bridgehead atoms. The summed E-state index contributed by atoms with van der Waals surface area (Å²) < 4.78 is 7.57. The van der Waals surface area contributed by atoms with Crippen LogP contribution >= 0.6 is 0 Å². The van der Waals surface area contributed by atoms with Gasteiger partial charge in [-0.2, -0.15) is 0 Å². The predicted octanol–water partition coefficient (Wildman–Crippen LogP) is 3.60. The van der Waals surface area contributed by atoms with Crippen molar-refractivity contribution in [1.82, 2.24) is 9.55 Å². The summed E-state index contributed by atoms with van der Waals surface area (Å²) in [4.78, 5) is 28.3. The lowest BCUT2D eigenvalue weighted by Crippen LogP contribution is -2.13. The van der Waals surface area contributed by atoms with Crippen molar-refractivity contribution in [2.75, 3.05) is 5.32 Å². The Hall–Kier alpha value is -3.41. The Morgan fingerprint density at radius 1 is 1.04 bits per heavy atom. The first-order valence-electron chi connectivity index (χ1n) is 8.69. The van der Waals surface area contributed by atoms with Crippen LogP contribution in [0.25, 0.3) is 0 Å². The van der Waals surface area contributed by atoms with Crippen molar-refractivity contribution in [3.63, 3.8) is 0 Å². The molecule has 0 aliphatic rings. The molecule has 0 atom stereocenters. The molecule has 0 saturated carbocycles. The maximum atomic E-state index is 12.0. The lowest BCUT2D eigenvalue weighted by Gasteiger charge is -2.08. The molecule has 0 unspecified atom stereocenters. The van der Waals surface area contributed by atoms with Gasteiger partial charge in [0.05, 0.1) is 0 Å². The molecule has 0 aliphatic heterocycles. The number of ether oxygens (including phenoxy) is 1. The van der Waals surface area contributed by atoms with Gasteiger partial charge in [-0.1, -0.05) is 30.3 Å². The van der Waals surface area contributed by atoms with Crippen LogP contribution in [0.5, 0.6) is 5.75 Å². The van der Waals surface area contributed by atoms with Crippen LogP contribution in [0.1, 0.15) is 29.0 Å². The van der Waals surface area contributed by atoms with Crippen molar-refractivity contribution >= 4 is 17.4 Å². The highest BCUT2D eigenvalue weighted by atomic mass is 16.5. The number of ketones is 1. The van der Waals surface area contributed by atoms with Crippen molar-refractivity contribution in [2.45, 2.75) is 19.4 Å². The molecule has 0 radical (unpaired) electrons. The van der Waals surface area contributed by atoms with E-state index in [1.165, 1.54) is 0 Å². The number of aryl methyl sites for hydroxylation is 1. The van der Waals surface area contributed by atoms with E-state index < -0.39 is 0 Å². The topological polar surface area (TPSA) is 73.2 Å². The Morgan fingerprint density at radius 3 is 2.44 bits per heavy atom. The summed E-state index contributed by atoms with van der Waals surface area (Å²) in [7, 11) is 1.91. The number of hydrogen-bond acceptors (Lipinski definition) is 4. The van der Waals surface area contributed by atoms with Crippen LogP contribution in [-0.2, 0) is 18.4 Å². The second-order valence-corrected chi connectivity index (χ2v) is 6.10. The summed E-state index contributed by atoms with van der Waals surface area (Å²) in [6.07, 6.45) is 3.91. The Morgan fingerprint density at radius 2 is 1.78 bits per heavy atom. The van der Waals surface area contributed by atoms with Crippen molar-refractivity contribution < 1.29 is 14.3 Å². The van der Waals surface area contributed by atoms with Crippen LogP contribution in [0.3, 0.4) is 0 Å². The van der Waals surface area contributed by atoms with Gasteiger partial charge in [0, 0.05) is 43.5 Å². The number of hydrogen-bond donors (Lipinski definition) is 1. The minimum atomic E-state index is -0.194. The number of nitrogens with zero attached hydrogens (tertiary/aromatic N) is 2. The van der Waals surface area contributed by atoms with Gasteiger partial charge in [-0.15, -0.1) is 0 Å². The zero-order valence-electron chi connectivity index (χ0n) is 15.1. The van der Waals surface area contributed by atoms with E-state index >= 15 is 0 Å². The van der Waals surface area contributed by atoms with Crippen molar-refractivity contribution in [3.8, 4) is 5.75 Å². The van der Waals surface area contributed by atoms with Gasteiger partial charge in [-0.3, -0.25) is 9.59 Å². The smallest absolute Gasteiger partial charge is 0.224 e. The maximum Gasteiger partial charge on any atom is 0.224 e. The van der Waals surface area contributed by atoms with Gasteiger partial charge in [-0.25, -0.2) is 4.98 Å². The molecule has 3 rings (SSSR count). The second-order valence-electron chi connectivity index (χ2n) is 6.10. The van der Waals surface area contributed by atoms with Crippen molar-refractivity contribution in [3.05, 3.63) is 78.4 Å². The first-order valence-corrected chi connectivity index (χ1v) is 8.69. The number of benzene rings is 2. The molecule has 0 aliphatic carbocycles. The minimum Gasteiger partial charge on any atom is -0.486 e. The van der Waals surface area contributed by atoms with E-state index in [2.05, 4.69) is 10.3 Å². The molecule has 0 fully saturated rings. The number of imidazole rings is 1. The summed E-state index contributed by atoms with van der Waals surface area (Å²) >= 11 is 0. The average Bonchev–Trinajstić information content (AvgIpc) is 3.11. The number of carbonyl (C=O) groups excluding carboxylic acids is 2. The van der Waals surface area contributed by atoms with E-state index in [1.54, 1.807) is 42.6 Å². The van der Waals surface area contributed by atoms with E-state index in [1.807, 2.05) is 36.0 Å². The highest BCUT2D eigenvalue weighted by molar-refractivity contribution is 5.99. The van der Waals surface area contributed by atoms with Gasteiger partial charge in [0.15, 0.2) is 5.78 Å². The fraction of sp³-hybridized carbons (Fsp3) is 0.190. The first-order chi connectivity index (χ1) is 13.1. The predicted molar refractivity (Wildman–Crippen MR) is 103 cm³/mol. The minimum absolute atomic E-state index is 0.0382. The molecule has 6 nitrogen and oxygen atoms in total. The number of amides is 1. The van der Waals surface area contributed by atoms with E-state index in [-0.39, 0.29) is 24.5 Å². The standard InChI is InChI=1S/C21H21N3O3/c1-24-14-13-22-20(24)15-27-18-9-7-17(8-10-18)23-21(26)12-11-19(25)16-5-3-2-4-6-16/h2-10,13-14H,11-12,15H2,1H3,(H,23,26). The quantitative estimate of drug-likeness (QED) is 0.621. The van der Waals surface area contributed by atoms with Crippen LogP contribution in [0.2, 0.25) is 0 Å². The molecule has 1 N–H and O–H groups in total. The SMILES string of the molecule is Cn1ccnc1COc1ccc(NC(=O)CCC(=O)c2ccccc2)cc1. The van der Waals surface area contributed by atoms with Gasteiger partial charge in [0.2, 0.25) is 5.91 Å². The first kappa shape index (κ1) is 18.4. The molecular formula is C21H21N3O3. The number of carbonyl (C=O) groups is 2. The van der Waals surface area contributed by atoms with E-state index in [0.29, 0.717) is 23.6 Å². The third-order valence-corrected chi connectivity index (χ3v) is 4.10. The third kappa shape index (κ3) is 5.28. The normalized spacial score (nSPS) is 10.4. The lowest BCUT2D eigenvalue weighted by molar-refractivity contribution is -0.116. The molecule has 1 amide bonds. The van der Waals surface area contributed by atoms with Gasteiger partial charge in [0.1, 0.15) is 18.2 Å². The Balaban J connectivity index is 1.45. The lowest BCUT2D eigenvalue weighted by atomic mass is 10.1. The Labute approximate surface area is 157 Å². The number of rotatable bonds is 8. The molecular weight excluding hydrogens is 342 g/mol. The highest BCUT2D eigenvalue weighted by Gasteiger charge is 2.09. The Kier molecular flexibility index (Phi) is 5.99. The van der Waals surface area contributed by atoms with Crippen LogP contribution in [0.4, 0.5) is 5.69 Å². The maximum absolute atomic E-state index is 12.0. The van der Waals surface area contributed by atoms with Gasteiger partial charge in [0.25, 0.3) is 0 Å². The zero-order chi connectivity index (χ0) is 19.1. The molecule has 1 heterocycles. The van der Waals surface area contributed by atoms with Crippen LogP contribution < -0.4 is 10.1 Å². The average molecular weight is 363 g/mol. The Bertz CT molecular complexity index is 902. The van der Waals surface area contributed by atoms with Crippen LogP contribution in [0.15, 0.2) is 67.0 Å². The van der Waals surface area contributed by atoms with Gasteiger partial charge < -0.3 is 14.6 Å². The number of Topliss-reactive ketones (excluding diaryl/α,β-unsaturated/α-hetero) is 1. The second kappa shape index (κ2) is 8.80. The van der Waals surface area contributed by atoms with E-state index in [0.717, 1.165) is 5.82 Å². The zero-order valence-corrected chi connectivity index (χ0v) is 15.1. The highest BCUT2D eigenvalue weighted by Crippen LogP contribution is 2.17. The third-order valence-electron chi connectivity index (χ3n) is 4.10. The molecule has 0 saturated heterocycles. The summed E-state index contributed by atoms with van der Waals surface area (Å²) in [5.74, 6) is 1.29. The molecule has 1 aromatic heterocycles. The summed E-state index contributed by atoms with van der Waals surface area (Å²) in [6.45, 7) is 0.372. The monoisotopic (exact) mass is 363 g/mol. The largest absolute Gasteiger partial charge is 0.486 e. The fourth-order valence-corrected chi connectivity index (χ4v) is 2.54. The molecule has 0 spiro atoms. The van der Waals surface area contributed by atoms with E-state index in [4.69, 9.17) is 4.74 Å². The van der Waals surface area contributed by atoms with Gasteiger partial charge in [-0.05, 0) is 24.3 Å². The van der Waals surface area contributed by atoms with Crippen molar-refractivity contribution in [1.29, 1.82) is 0 Å². The number of anilines is 1. The molecule has 2 aromatic carbocycles. The molecule has 6 heteroatoms. The van der Waals surface area contributed by atoms with Crippen LogP contribution in [-0.4, -0.2) is 21.2 Å². The van der Waals surface area contributed by atoms with Crippen LogP contribution in [0, 0.1) is 0 Å². The molecule has 138 valence electrons. The fourth-order valence-electron chi connectivity index (χ4n) is 2.54. The number of aromatic nitrogens is 2. The molecule has 27 heavy (non-hydrogen) atoms. The summed E-state index contributed by atoms with van der Waals surface area (Å²) in [6, 6.07) is 16.1. The summed E-state index contributed by atoms with van der Waals surface area (Å²) in [5, 5.41) is 2.79. The number of nitrogens with one attached hydrogen (secondary N) is 1.